The Labute approximate surface area is 111 Å². The van der Waals surface area contributed by atoms with E-state index in [0.29, 0.717) is 6.42 Å². The molecule has 6 nitrogen and oxygen atoms in total. The lowest BCUT2D eigenvalue weighted by Crippen LogP contribution is -2.11. The van der Waals surface area contributed by atoms with E-state index in [-0.39, 0.29) is 49.9 Å². The monoisotopic (exact) mass is 286 g/mol. The van der Waals surface area contributed by atoms with Gasteiger partial charge in [-0.15, -0.1) is 0 Å². The van der Waals surface area contributed by atoms with Gasteiger partial charge in [-0.3, -0.25) is 9.59 Å². The third kappa shape index (κ3) is 18.1. The molecule has 0 aromatic rings. The van der Waals surface area contributed by atoms with Crippen molar-refractivity contribution < 1.29 is 29.3 Å². The van der Waals surface area contributed by atoms with E-state index in [1.54, 1.807) is 0 Å². The second kappa shape index (κ2) is 15.6. The molecule has 0 aliphatic heterocycles. The summed E-state index contributed by atoms with van der Waals surface area (Å²) in [7, 11) is 0. The van der Waals surface area contributed by atoms with E-state index in [4.69, 9.17) is 10.2 Å². The molecule has 0 aromatic carbocycles. The highest BCUT2D eigenvalue weighted by Crippen LogP contribution is 1.89. The minimum atomic E-state index is -0.371. The van der Waals surface area contributed by atoms with E-state index in [9.17, 15) is 9.59 Å². The molecule has 0 aromatic heterocycles. The van der Waals surface area contributed by atoms with Crippen molar-refractivity contribution >= 4 is 37.2 Å². The van der Waals surface area contributed by atoms with Crippen LogP contribution in [0.25, 0.3) is 0 Å². The fourth-order valence-electron chi connectivity index (χ4n) is 0.522. The molecule has 8 heteroatoms. The summed E-state index contributed by atoms with van der Waals surface area (Å²) in [5.41, 5.74) is 0. The second-order valence-corrected chi connectivity index (χ2v) is 3.19. The van der Waals surface area contributed by atoms with Crippen molar-refractivity contribution in [2.24, 2.45) is 0 Å². The molecule has 0 unspecified atom stereocenters. The number of rotatable bonds is 7. The molecule has 0 fully saturated rings. The van der Waals surface area contributed by atoms with Gasteiger partial charge in [-0.1, -0.05) is 0 Å². The summed E-state index contributed by atoms with van der Waals surface area (Å²) in [5, 5.41) is 15.2. The highest BCUT2D eigenvalue weighted by atomic mass is 32.1. The maximum absolute atomic E-state index is 10.5. The van der Waals surface area contributed by atoms with E-state index in [0.717, 1.165) is 0 Å². The predicted octanol–water partition coefficient (Wildman–Crippen LogP) is -0.707. The lowest BCUT2D eigenvalue weighted by atomic mass is 10.5. The van der Waals surface area contributed by atoms with Crippen LogP contribution in [0.5, 0.6) is 0 Å². The van der Waals surface area contributed by atoms with Gasteiger partial charge in [-0.25, -0.2) is 0 Å². The average Bonchev–Trinajstić information content (AvgIpc) is 2.37. The highest BCUT2D eigenvalue weighted by molar-refractivity contribution is 7.81. The summed E-state index contributed by atoms with van der Waals surface area (Å²) in [6, 6.07) is 0. The van der Waals surface area contributed by atoms with Gasteiger partial charge in [0.1, 0.15) is 0 Å². The molecule has 0 saturated carbocycles. The van der Waals surface area contributed by atoms with Crippen LogP contribution in [0.1, 0.15) is 6.42 Å². The fraction of sp³-hybridized carbons (Fsp3) is 0.778. The molecular weight excluding hydrogens is 268 g/mol. The largest absolute Gasteiger partial charge is 0.465 e. The fourth-order valence-corrected chi connectivity index (χ4v) is 0.705. The molecule has 0 bridgehead atoms. The summed E-state index contributed by atoms with van der Waals surface area (Å²) in [6.07, 6.45) is 0.499. The number of aliphatic hydroxyl groups excluding tert-OH is 2. The SMILES string of the molecule is O=C(CS)OCCCOC(=O)CS.OCCO. The van der Waals surface area contributed by atoms with Crippen LogP contribution in [-0.2, 0) is 19.1 Å². The average molecular weight is 286 g/mol. The Kier molecular flexibility index (Phi) is 17.3. The summed E-state index contributed by atoms with van der Waals surface area (Å²) >= 11 is 7.44. The number of aliphatic hydroxyl groups is 2. The third-order valence-electron chi connectivity index (χ3n) is 1.17. The summed E-state index contributed by atoms with van der Waals surface area (Å²) < 4.78 is 9.36. The molecule has 0 rings (SSSR count). The van der Waals surface area contributed by atoms with Gasteiger partial charge in [0.25, 0.3) is 0 Å². The summed E-state index contributed by atoms with van der Waals surface area (Å²) in [5.74, 6) is -0.611. The van der Waals surface area contributed by atoms with Crippen molar-refractivity contribution in [1.82, 2.24) is 0 Å². The van der Waals surface area contributed by atoms with Crippen molar-refractivity contribution in [3.05, 3.63) is 0 Å². The Balaban J connectivity index is 0. The van der Waals surface area contributed by atoms with E-state index < -0.39 is 0 Å². The van der Waals surface area contributed by atoms with E-state index >= 15 is 0 Å². The molecule has 0 aliphatic rings. The van der Waals surface area contributed by atoms with Crippen LogP contribution in [0.15, 0.2) is 0 Å². The predicted molar refractivity (Wildman–Crippen MR) is 68.4 cm³/mol. The van der Waals surface area contributed by atoms with Crippen LogP contribution in [-0.4, -0.2) is 60.1 Å². The molecule has 17 heavy (non-hydrogen) atoms. The quantitative estimate of drug-likeness (QED) is 0.281. The summed E-state index contributed by atoms with van der Waals surface area (Å²) in [6.45, 7) is 0.249. The minimum Gasteiger partial charge on any atom is -0.465 e. The van der Waals surface area contributed by atoms with Crippen molar-refractivity contribution in [3.63, 3.8) is 0 Å². The van der Waals surface area contributed by atoms with Crippen LogP contribution < -0.4 is 0 Å². The maximum atomic E-state index is 10.5. The molecule has 0 radical (unpaired) electrons. The van der Waals surface area contributed by atoms with E-state index in [1.165, 1.54) is 0 Å². The number of thiol groups is 2. The van der Waals surface area contributed by atoms with Crippen LogP contribution in [0.3, 0.4) is 0 Å². The van der Waals surface area contributed by atoms with Gasteiger partial charge < -0.3 is 19.7 Å². The first-order valence-electron chi connectivity index (χ1n) is 4.87. The van der Waals surface area contributed by atoms with Crippen molar-refractivity contribution in [2.45, 2.75) is 6.42 Å². The highest BCUT2D eigenvalue weighted by Gasteiger charge is 2.00. The molecular formula is C9H18O6S2. The Morgan fingerprint density at radius 3 is 1.47 bits per heavy atom. The zero-order valence-electron chi connectivity index (χ0n) is 9.37. The molecule has 0 atom stereocenters. The van der Waals surface area contributed by atoms with Gasteiger partial charge in [-0.05, 0) is 0 Å². The van der Waals surface area contributed by atoms with Crippen molar-refractivity contribution in [2.75, 3.05) is 37.9 Å². The van der Waals surface area contributed by atoms with E-state index in [2.05, 4.69) is 34.7 Å². The number of hydrogen-bond acceptors (Lipinski definition) is 8. The standard InChI is InChI=1S/C7H12O4S2.C2H6O2/c8-6(4-12)10-2-1-3-11-7(9)5-13;3-1-2-4/h12-13H,1-5H2;3-4H,1-2H2. The molecule has 0 saturated heterocycles. The van der Waals surface area contributed by atoms with Crippen molar-refractivity contribution in [3.8, 4) is 0 Å². The third-order valence-corrected chi connectivity index (χ3v) is 1.69. The summed E-state index contributed by atoms with van der Waals surface area (Å²) in [4.78, 5) is 21.1. The molecule has 0 heterocycles. The first kappa shape index (κ1) is 18.9. The van der Waals surface area contributed by atoms with Gasteiger partial charge in [0.15, 0.2) is 0 Å². The smallest absolute Gasteiger partial charge is 0.315 e. The Hall–Kier alpha value is -0.440. The second-order valence-electron chi connectivity index (χ2n) is 2.56. The number of carbonyl (C=O) groups is 2. The first-order chi connectivity index (χ1) is 8.12. The number of hydrogen-bond donors (Lipinski definition) is 4. The van der Waals surface area contributed by atoms with Gasteiger partial charge in [0.2, 0.25) is 0 Å². The van der Waals surface area contributed by atoms with Crippen LogP contribution in [0, 0.1) is 0 Å². The van der Waals surface area contributed by atoms with Crippen LogP contribution in [0.4, 0.5) is 0 Å². The van der Waals surface area contributed by atoms with E-state index in [1.807, 2.05) is 0 Å². The number of ether oxygens (including phenoxy) is 2. The Morgan fingerprint density at radius 2 is 1.24 bits per heavy atom. The maximum Gasteiger partial charge on any atom is 0.315 e. The van der Waals surface area contributed by atoms with Crippen molar-refractivity contribution in [1.29, 1.82) is 0 Å². The van der Waals surface area contributed by atoms with Gasteiger partial charge in [-0.2, -0.15) is 25.3 Å². The molecule has 2 N–H and O–H groups in total. The van der Waals surface area contributed by atoms with Gasteiger partial charge >= 0.3 is 11.9 Å². The number of carbonyl (C=O) groups excluding carboxylic acids is 2. The minimum absolute atomic E-state index is 0.0659. The first-order valence-corrected chi connectivity index (χ1v) is 6.13. The molecule has 0 spiro atoms. The Bertz CT molecular complexity index is 180. The topological polar surface area (TPSA) is 93.1 Å². The lowest BCUT2D eigenvalue weighted by Gasteiger charge is -2.03. The molecule has 0 amide bonds. The normalized spacial score (nSPS) is 8.94. The van der Waals surface area contributed by atoms with Gasteiger partial charge in [0.05, 0.1) is 37.9 Å². The molecule has 0 aliphatic carbocycles. The zero-order chi connectivity index (χ0) is 13.5. The Morgan fingerprint density at radius 1 is 0.882 bits per heavy atom. The van der Waals surface area contributed by atoms with Crippen LogP contribution >= 0.6 is 25.3 Å². The lowest BCUT2D eigenvalue weighted by molar-refractivity contribution is -0.142. The number of esters is 2. The zero-order valence-corrected chi connectivity index (χ0v) is 11.2. The van der Waals surface area contributed by atoms with Crippen LogP contribution in [0.2, 0.25) is 0 Å². The van der Waals surface area contributed by atoms with Gasteiger partial charge in [0, 0.05) is 6.42 Å². The molecule has 102 valence electrons.